The minimum atomic E-state index is -4.30. The highest BCUT2D eigenvalue weighted by molar-refractivity contribution is 7.92. The fourth-order valence-corrected chi connectivity index (χ4v) is 10.4. The molecular weight excluding hydrogens is 520 g/mol. The highest BCUT2D eigenvalue weighted by Crippen LogP contribution is 2.59. The van der Waals surface area contributed by atoms with Crippen molar-refractivity contribution in [3.05, 3.63) is 71.3 Å². The van der Waals surface area contributed by atoms with Crippen LogP contribution in [0.1, 0.15) is 31.2 Å². The van der Waals surface area contributed by atoms with Crippen LogP contribution in [0.15, 0.2) is 53.9 Å². The van der Waals surface area contributed by atoms with Crippen LogP contribution in [0.25, 0.3) is 0 Å². The van der Waals surface area contributed by atoms with E-state index in [0.29, 0.717) is 5.02 Å². The van der Waals surface area contributed by atoms with Gasteiger partial charge in [0, 0.05) is 17.0 Å². The Hall–Kier alpha value is -2.01. The SMILES string of the molecule is C=CC[C@@H]1C[C@H]2[C@H](CC[C@@]3(S(=O)(=O)c4ccc(Cl)cc4)c4c(F)ccc(F)c4OC[C@@H]23)NS1(=O)=O. The Bertz CT molecular complexity index is 1400. The number of hydrogen-bond donors (Lipinski definition) is 1. The number of rotatable bonds is 4. The number of benzene rings is 2. The van der Waals surface area contributed by atoms with Gasteiger partial charge < -0.3 is 4.74 Å². The summed E-state index contributed by atoms with van der Waals surface area (Å²) in [5, 5.41) is -0.477. The fourth-order valence-electron chi connectivity index (χ4n) is 6.12. The Kier molecular flexibility index (Phi) is 6.02. The molecule has 0 bridgehead atoms. The monoisotopic (exact) mass is 543 g/mol. The van der Waals surface area contributed by atoms with Gasteiger partial charge in [0.15, 0.2) is 21.4 Å². The lowest BCUT2D eigenvalue weighted by Gasteiger charge is -2.54. The quantitative estimate of drug-likeness (QED) is 0.579. The van der Waals surface area contributed by atoms with Gasteiger partial charge >= 0.3 is 0 Å². The lowest BCUT2D eigenvalue weighted by atomic mass is 9.64. The van der Waals surface area contributed by atoms with Gasteiger partial charge in [0.1, 0.15) is 10.6 Å². The van der Waals surface area contributed by atoms with Gasteiger partial charge in [0.25, 0.3) is 0 Å². The molecule has 188 valence electrons. The van der Waals surface area contributed by atoms with Gasteiger partial charge in [-0.3, -0.25) is 0 Å². The highest BCUT2D eigenvalue weighted by atomic mass is 35.5. The van der Waals surface area contributed by atoms with Crippen molar-refractivity contribution in [2.75, 3.05) is 6.61 Å². The Morgan fingerprint density at radius 1 is 1.17 bits per heavy atom. The summed E-state index contributed by atoms with van der Waals surface area (Å²) in [6.45, 7) is 3.45. The lowest BCUT2D eigenvalue weighted by Crippen LogP contribution is -2.63. The Morgan fingerprint density at radius 2 is 1.86 bits per heavy atom. The summed E-state index contributed by atoms with van der Waals surface area (Å²) in [7, 11) is -7.95. The normalized spacial score (nSPS) is 31.4. The maximum Gasteiger partial charge on any atom is 0.215 e. The van der Waals surface area contributed by atoms with E-state index in [2.05, 4.69) is 11.3 Å². The summed E-state index contributed by atoms with van der Waals surface area (Å²) in [4.78, 5) is -0.0686. The summed E-state index contributed by atoms with van der Waals surface area (Å²) < 4.78 is 91.1. The minimum absolute atomic E-state index is 0.0686. The molecule has 2 aliphatic heterocycles. The molecule has 0 spiro atoms. The molecule has 0 amide bonds. The molecule has 0 unspecified atom stereocenters. The zero-order valence-corrected chi connectivity index (χ0v) is 21.0. The van der Waals surface area contributed by atoms with Crippen molar-refractivity contribution in [3.8, 4) is 5.75 Å². The average Bonchev–Trinajstić information content (AvgIpc) is 2.81. The Morgan fingerprint density at radius 3 is 2.54 bits per heavy atom. The van der Waals surface area contributed by atoms with Crippen molar-refractivity contribution in [2.45, 2.75) is 46.6 Å². The van der Waals surface area contributed by atoms with E-state index in [9.17, 15) is 21.2 Å². The predicted molar refractivity (Wildman–Crippen MR) is 127 cm³/mol. The maximum absolute atomic E-state index is 15.5. The summed E-state index contributed by atoms with van der Waals surface area (Å²) in [6, 6.07) is 6.86. The molecule has 6 nitrogen and oxygen atoms in total. The van der Waals surface area contributed by atoms with Crippen LogP contribution in [-0.4, -0.2) is 34.7 Å². The molecule has 3 aliphatic rings. The number of ether oxygens (including phenoxy) is 1. The number of halogens is 3. The van der Waals surface area contributed by atoms with Gasteiger partial charge in [-0.25, -0.2) is 30.3 Å². The van der Waals surface area contributed by atoms with E-state index >= 15 is 4.39 Å². The smallest absolute Gasteiger partial charge is 0.215 e. The second kappa shape index (κ2) is 8.54. The molecule has 2 heterocycles. The molecule has 5 atom stereocenters. The van der Waals surface area contributed by atoms with Crippen LogP contribution < -0.4 is 9.46 Å². The van der Waals surface area contributed by atoms with Gasteiger partial charge in [0.05, 0.1) is 22.3 Å². The second-order valence-corrected chi connectivity index (χ2v) is 14.0. The molecular formula is C24H24ClF2NO5S2. The van der Waals surface area contributed by atoms with E-state index < -0.39 is 65.1 Å². The molecule has 35 heavy (non-hydrogen) atoms. The number of nitrogens with one attached hydrogen (secondary N) is 1. The first-order valence-electron chi connectivity index (χ1n) is 11.3. The lowest BCUT2D eigenvalue weighted by molar-refractivity contribution is 0.0494. The summed E-state index contributed by atoms with van der Waals surface area (Å²) in [5.74, 6) is -3.42. The first kappa shape index (κ1) is 24.7. The topological polar surface area (TPSA) is 89.5 Å². The summed E-state index contributed by atoms with van der Waals surface area (Å²) >= 11 is 5.98. The number of sulfone groups is 1. The summed E-state index contributed by atoms with van der Waals surface area (Å²) in [6.07, 6.45) is 1.89. The van der Waals surface area contributed by atoms with Crippen LogP contribution in [0.2, 0.25) is 5.02 Å². The van der Waals surface area contributed by atoms with E-state index in [1.54, 1.807) is 0 Å². The minimum Gasteiger partial charge on any atom is -0.490 e. The molecule has 1 N–H and O–H groups in total. The molecule has 0 aromatic heterocycles. The van der Waals surface area contributed by atoms with E-state index in [1.165, 1.54) is 30.3 Å². The molecule has 0 radical (unpaired) electrons. The molecule has 5 rings (SSSR count). The second-order valence-electron chi connectivity index (χ2n) is 9.35. The average molecular weight is 544 g/mol. The predicted octanol–water partition coefficient (Wildman–Crippen LogP) is 4.34. The van der Waals surface area contributed by atoms with Gasteiger partial charge in [-0.05, 0) is 68.0 Å². The van der Waals surface area contributed by atoms with Gasteiger partial charge in [-0.1, -0.05) is 17.7 Å². The zero-order valence-electron chi connectivity index (χ0n) is 18.6. The van der Waals surface area contributed by atoms with Crippen LogP contribution >= 0.6 is 11.6 Å². The van der Waals surface area contributed by atoms with Crippen LogP contribution in [0.3, 0.4) is 0 Å². The van der Waals surface area contributed by atoms with Crippen molar-refractivity contribution in [2.24, 2.45) is 11.8 Å². The summed E-state index contributed by atoms with van der Waals surface area (Å²) in [5.41, 5.74) is -0.323. The third-order valence-electron chi connectivity index (χ3n) is 7.67. The number of allylic oxidation sites excluding steroid dienone is 1. The number of fused-ring (bicyclic) bond motifs is 5. The molecule has 1 aliphatic carbocycles. The third kappa shape index (κ3) is 3.63. The number of hydrogen-bond acceptors (Lipinski definition) is 5. The standard InChI is InChI=1S/C24H24ClF2NO5S2/c1-2-3-16-12-17-18-13-33-23-20(27)9-8-19(26)22(23)24(18,11-10-21(17)28-35(16,31)32)34(29,30)15-6-4-14(25)5-7-15/h2,4-9,16-18,21,28H,1,3,10-13H2/t16-,17-,18+,21+,24+/m1/s1. The molecule has 1 saturated heterocycles. The first-order valence-corrected chi connectivity index (χ1v) is 14.7. The molecule has 1 saturated carbocycles. The van der Waals surface area contributed by atoms with Crippen molar-refractivity contribution >= 4 is 31.5 Å². The van der Waals surface area contributed by atoms with Crippen LogP contribution in [0, 0.1) is 23.5 Å². The van der Waals surface area contributed by atoms with E-state index in [4.69, 9.17) is 16.3 Å². The van der Waals surface area contributed by atoms with Crippen molar-refractivity contribution in [1.29, 1.82) is 0 Å². The number of sulfonamides is 1. The van der Waals surface area contributed by atoms with E-state index in [-0.39, 0.29) is 42.7 Å². The van der Waals surface area contributed by atoms with Crippen LogP contribution in [0.5, 0.6) is 5.75 Å². The Balaban J connectivity index is 1.74. The van der Waals surface area contributed by atoms with Crippen molar-refractivity contribution in [1.82, 2.24) is 4.72 Å². The zero-order chi connectivity index (χ0) is 25.2. The van der Waals surface area contributed by atoms with Crippen molar-refractivity contribution < 1.29 is 30.4 Å². The maximum atomic E-state index is 15.5. The van der Waals surface area contributed by atoms with Gasteiger partial charge in [-0.2, -0.15) is 0 Å². The van der Waals surface area contributed by atoms with E-state index in [0.717, 1.165) is 12.1 Å². The molecule has 2 aromatic carbocycles. The van der Waals surface area contributed by atoms with Gasteiger partial charge in [0.2, 0.25) is 10.0 Å². The molecule has 11 heteroatoms. The van der Waals surface area contributed by atoms with Crippen LogP contribution in [-0.2, 0) is 24.6 Å². The fraction of sp³-hybridized carbons (Fsp3) is 0.417. The molecule has 2 aromatic rings. The van der Waals surface area contributed by atoms with Crippen molar-refractivity contribution in [3.63, 3.8) is 0 Å². The first-order chi connectivity index (χ1) is 16.5. The third-order valence-corrected chi connectivity index (χ3v) is 12.4. The van der Waals surface area contributed by atoms with Gasteiger partial charge in [-0.15, -0.1) is 6.58 Å². The molecule has 2 fully saturated rings. The highest BCUT2D eigenvalue weighted by Gasteiger charge is 2.64. The van der Waals surface area contributed by atoms with E-state index in [1.807, 2.05) is 0 Å². The largest absolute Gasteiger partial charge is 0.490 e. The Labute approximate surface area is 208 Å². The van der Waals surface area contributed by atoms with Crippen LogP contribution in [0.4, 0.5) is 8.78 Å².